The van der Waals surface area contributed by atoms with Gasteiger partial charge < -0.3 is 9.30 Å². The molecule has 2 aromatic carbocycles. The van der Waals surface area contributed by atoms with E-state index in [-0.39, 0.29) is 5.02 Å². The van der Waals surface area contributed by atoms with Gasteiger partial charge in [-0.2, -0.15) is 0 Å². The zero-order chi connectivity index (χ0) is 17.2. The van der Waals surface area contributed by atoms with Gasteiger partial charge in [0, 0.05) is 25.7 Å². The Bertz CT molecular complexity index is 896. The highest BCUT2D eigenvalue weighted by Crippen LogP contribution is 2.22. The summed E-state index contributed by atoms with van der Waals surface area (Å²) in [6.45, 7) is 4.35. The highest BCUT2D eigenvalue weighted by Gasteiger charge is 2.19. The standard InChI is InChI=1S/C19H19ClFN3O/c20-15-12-14(6-7-16(15)21)25-11-3-8-23-9-10-24-18-5-2-1-4-17(18)22-19(24)13-23/h1-2,4-7,12H,3,8-11,13H2. The van der Waals surface area contributed by atoms with Crippen molar-refractivity contribution in [2.45, 2.75) is 19.5 Å². The third-order valence-corrected chi connectivity index (χ3v) is 4.81. The van der Waals surface area contributed by atoms with E-state index in [2.05, 4.69) is 27.7 Å². The summed E-state index contributed by atoms with van der Waals surface area (Å²) in [5, 5.41) is 0.0902. The number of halogens is 2. The van der Waals surface area contributed by atoms with Crippen molar-refractivity contribution >= 4 is 22.6 Å². The molecule has 3 aromatic rings. The summed E-state index contributed by atoms with van der Waals surface area (Å²) in [6, 6.07) is 12.7. The molecular weight excluding hydrogens is 341 g/mol. The Morgan fingerprint density at radius 2 is 2.04 bits per heavy atom. The summed E-state index contributed by atoms with van der Waals surface area (Å²) >= 11 is 5.76. The van der Waals surface area contributed by atoms with Crippen LogP contribution in [0.1, 0.15) is 12.2 Å². The first-order valence-corrected chi connectivity index (χ1v) is 8.83. The van der Waals surface area contributed by atoms with Crippen molar-refractivity contribution < 1.29 is 9.13 Å². The number of hydrogen-bond donors (Lipinski definition) is 0. The maximum Gasteiger partial charge on any atom is 0.142 e. The lowest BCUT2D eigenvalue weighted by molar-refractivity contribution is 0.197. The van der Waals surface area contributed by atoms with Crippen molar-refractivity contribution in [3.63, 3.8) is 0 Å². The maximum atomic E-state index is 13.1. The molecule has 1 aliphatic heterocycles. The number of imidazole rings is 1. The van der Waals surface area contributed by atoms with Crippen molar-refractivity contribution in [3.8, 4) is 5.75 Å². The van der Waals surface area contributed by atoms with Crippen LogP contribution in [-0.4, -0.2) is 34.1 Å². The van der Waals surface area contributed by atoms with E-state index in [0.29, 0.717) is 12.4 Å². The molecular formula is C19H19ClFN3O. The number of benzene rings is 2. The van der Waals surface area contributed by atoms with Gasteiger partial charge in [0.2, 0.25) is 0 Å². The molecule has 0 bridgehead atoms. The van der Waals surface area contributed by atoms with E-state index >= 15 is 0 Å². The minimum Gasteiger partial charge on any atom is -0.493 e. The fourth-order valence-electron chi connectivity index (χ4n) is 3.25. The Kier molecular flexibility index (Phi) is 4.59. The van der Waals surface area contributed by atoms with E-state index in [9.17, 15) is 4.39 Å². The van der Waals surface area contributed by atoms with Crippen LogP contribution in [0.4, 0.5) is 4.39 Å². The van der Waals surface area contributed by atoms with Gasteiger partial charge in [0.05, 0.1) is 29.2 Å². The molecule has 0 radical (unpaired) electrons. The number of hydrogen-bond acceptors (Lipinski definition) is 3. The van der Waals surface area contributed by atoms with E-state index < -0.39 is 5.82 Å². The van der Waals surface area contributed by atoms with Crippen molar-refractivity contribution in [2.24, 2.45) is 0 Å². The van der Waals surface area contributed by atoms with Crippen molar-refractivity contribution in [1.29, 1.82) is 0 Å². The Labute approximate surface area is 150 Å². The topological polar surface area (TPSA) is 30.3 Å². The van der Waals surface area contributed by atoms with Gasteiger partial charge in [0.15, 0.2) is 0 Å². The number of ether oxygens (including phenoxy) is 1. The molecule has 0 aliphatic carbocycles. The molecule has 0 N–H and O–H groups in total. The lowest BCUT2D eigenvalue weighted by atomic mass is 10.3. The van der Waals surface area contributed by atoms with Gasteiger partial charge in [-0.25, -0.2) is 9.37 Å². The minimum atomic E-state index is -0.426. The zero-order valence-corrected chi connectivity index (χ0v) is 14.5. The van der Waals surface area contributed by atoms with Gasteiger partial charge in [-0.3, -0.25) is 4.90 Å². The molecule has 25 heavy (non-hydrogen) atoms. The predicted molar refractivity (Wildman–Crippen MR) is 96.5 cm³/mol. The number of rotatable bonds is 5. The van der Waals surface area contributed by atoms with Crippen molar-refractivity contribution in [3.05, 3.63) is 59.1 Å². The number of aromatic nitrogens is 2. The number of fused-ring (bicyclic) bond motifs is 3. The predicted octanol–water partition coefficient (Wildman–Crippen LogP) is 4.11. The fraction of sp³-hybridized carbons (Fsp3) is 0.316. The second kappa shape index (κ2) is 7.02. The normalized spacial score (nSPS) is 14.6. The Morgan fingerprint density at radius 3 is 2.92 bits per heavy atom. The van der Waals surface area contributed by atoms with Gasteiger partial charge >= 0.3 is 0 Å². The molecule has 130 valence electrons. The zero-order valence-electron chi connectivity index (χ0n) is 13.8. The van der Waals surface area contributed by atoms with Crippen LogP contribution in [0.2, 0.25) is 5.02 Å². The molecule has 1 aliphatic rings. The first kappa shape index (κ1) is 16.4. The molecule has 2 heterocycles. The van der Waals surface area contributed by atoms with Gasteiger partial charge in [-0.1, -0.05) is 23.7 Å². The molecule has 0 atom stereocenters. The number of para-hydroxylation sites is 2. The number of nitrogens with zero attached hydrogens (tertiary/aromatic N) is 3. The van der Waals surface area contributed by atoms with Crippen molar-refractivity contribution in [2.75, 3.05) is 19.7 Å². The van der Waals surface area contributed by atoms with E-state index in [1.54, 1.807) is 6.07 Å². The highest BCUT2D eigenvalue weighted by molar-refractivity contribution is 6.30. The van der Waals surface area contributed by atoms with Gasteiger partial charge in [0.1, 0.15) is 17.4 Å². The second-order valence-electron chi connectivity index (χ2n) is 6.22. The van der Waals surface area contributed by atoms with E-state index in [1.165, 1.54) is 17.6 Å². The lowest BCUT2D eigenvalue weighted by Gasteiger charge is -2.27. The summed E-state index contributed by atoms with van der Waals surface area (Å²) in [4.78, 5) is 7.13. The largest absolute Gasteiger partial charge is 0.493 e. The van der Waals surface area contributed by atoms with E-state index in [1.807, 2.05) is 6.07 Å². The Hall–Kier alpha value is -2.11. The molecule has 6 heteroatoms. The molecule has 0 fully saturated rings. The summed E-state index contributed by atoms with van der Waals surface area (Å²) in [7, 11) is 0. The first-order valence-electron chi connectivity index (χ1n) is 8.45. The lowest BCUT2D eigenvalue weighted by Crippen LogP contribution is -2.35. The molecule has 0 unspecified atom stereocenters. The van der Waals surface area contributed by atoms with Crippen LogP contribution in [0.15, 0.2) is 42.5 Å². The molecule has 0 amide bonds. The Morgan fingerprint density at radius 1 is 1.16 bits per heavy atom. The third kappa shape index (κ3) is 3.48. The Balaban J connectivity index is 1.30. The van der Waals surface area contributed by atoms with E-state index in [0.717, 1.165) is 43.9 Å². The smallest absolute Gasteiger partial charge is 0.142 e. The third-order valence-electron chi connectivity index (χ3n) is 4.52. The second-order valence-corrected chi connectivity index (χ2v) is 6.63. The average Bonchev–Trinajstić information content (AvgIpc) is 2.99. The van der Waals surface area contributed by atoms with Gasteiger partial charge in [-0.15, -0.1) is 0 Å². The van der Waals surface area contributed by atoms with Crippen LogP contribution in [-0.2, 0) is 13.1 Å². The highest BCUT2D eigenvalue weighted by atomic mass is 35.5. The summed E-state index contributed by atoms with van der Waals surface area (Å²) in [5.41, 5.74) is 2.28. The van der Waals surface area contributed by atoms with Crippen LogP contribution in [0.5, 0.6) is 5.75 Å². The molecule has 4 rings (SSSR count). The van der Waals surface area contributed by atoms with Gasteiger partial charge in [0.25, 0.3) is 0 Å². The van der Waals surface area contributed by atoms with Crippen molar-refractivity contribution in [1.82, 2.24) is 14.5 Å². The molecule has 1 aromatic heterocycles. The van der Waals surface area contributed by atoms with Crippen LogP contribution in [0.25, 0.3) is 11.0 Å². The van der Waals surface area contributed by atoms with E-state index in [4.69, 9.17) is 21.3 Å². The molecule has 0 saturated carbocycles. The fourth-order valence-corrected chi connectivity index (χ4v) is 3.42. The molecule has 4 nitrogen and oxygen atoms in total. The average molecular weight is 360 g/mol. The summed E-state index contributed by atoms with van der Waals surface area (Å²) in [5.74, 6) is 1.30. The SMILES string of the molecule is Fc1ccc(OCCCN2CCn3c(nc4ccccc43)C2)cc1Cl. The van der Waals surface area contributed by atoms with Crippen LogP contribution < -0.4 is 4.74 Å². The van der Waals surface area contributed by atoms with Crippen LogP contribution in [0, 0.1) is 5.82 Å². The maximum absolute atomic E-state index is 13.1. The monoisotopic (exact) mass is 359 g/mol. The quantitative estimate of drug-likeness (QED) is 0.642. The summed E-state index contributed by atoms with van der Waals surface area (Å²) in [6.07, 6.45) is 0.898. The van der Waals surface area contributed by atoms with Crippen LogP contribution in [0.3, 0.4) is 0 Å². The summed E-state index contributed by atoms with van der Waals surface area (Å²) < 4.78 is 21.1. The first-order chi connectivity index (χ1) is 12.2. The minimum absolute atomic E-state index is 0.0902. The van der Waals surface area contributed by atoms with Gasteiger partial charge in [-0.05, 0) is 30.7 Å². The molecule has 0 saturated heterocycles. The molecule has 0 spiro atoms. The van der Waals surface area contributed by atoms with Crippen LogP contribution >= 0.6 is 11.6 Å².